The highest BCUT2D eigenvalue weighted by Crippen LogP contribution is 2.38. The first-order valence-electron chi connectivity index (χ1n) is 14.7. The molecule has 5 heteroatoms. The van der Waals surface area contributed by atoms with Gasteiger partial charge in [0, 0.05) is 47.5 Å². The topological polar surface area (TPSA) is 50.3 Å². The molecule has 4 aromatic rings. The van der Waals surface area contributed by atoms with E-state index in [4.69, 9.17) is 4.74 Å². The summed E-state index contributed by atoms with van der Waals surface area (Å²) in [5, 5.41) is 1.32. The van der Waals surface area contributed by atoms with Crippen molar-refractivity contribution in [2.75, 3.05) is 26.3 Å². The van der Waals surface area contributed by atoms with E-state index in [-0.39, 0.29) is 5.56 Å². The van der Waals surface area contributed by atoms with Crippen LogP contribution in [-0.4, -0.2) is 46.8 Å². The van der Waals surface area contributed by atoms with Crippen molar-refractivity contribution in [3.63, 3.8) is 0 Å². The lowest BCUT2D eigenvalue weighted by molar-refractivity contribution is 0.0252. The number of nitrogens with one attached hydrogen (secondary N) is 1. The molecule has 1 N–H and O–H groups in total. The molecule has 39 heavy (non-hydrogen) atoms. The molecule has 0 bridgehead atoms. The molecular formula is C34H41N3O2. The van der Waals surface area contributed by atoms with E-state index in [1.807, 2.05) is 42.0 Å². The number of H-pyrrole nitrogens is 1. The van der Waals surface area contributed by atoms with E-state index in [1.54, 1.807) is 0 Å². The van der Waals surface area contributed by atoms with Crippen LogP contribution in [0.5, 0.6) is 0 Å². The van der Waals surface area contributed by atoms with Crippen LogP contribution in [0.3, 0.4) is 0 Å². The first kappa shape index (κ1) is 26.1. The number of nitrogens with zero attached hydrogens (tertiary/aromatic N) is 2. The Morgan fingerprint density at radius 1 is 0.974 bits per heavy atom. The van der Waals surface area contributed by atoms with E-state index >= 15 is 0 Å². The van der Waals surface area contributed by atoms with E-state index < -0.39 is 0 Å². The molecule has 0 aliphatic carbocycles. The molecule has 4 heterocycles. The van der Waals surface area contributed by atoms with Crippen molar-refractivity contribution in [1.29, 1.82) is 0 Å². The molecule has 2 aliphatic heterocycles. The summed E-state index contributed by atoms with van der Waals surface area (Å²) in [6, 6.07) is 20.0. The van der Waals surface area contributed by atoms with Gasteiger partial charge >= 0.3 is 0 Å². The molecule has 0 atom stereocenters. The molecule has 0 amide bonds. The number of ether oxygens (including phenoxy) is 1. The van der Waals surface area contributed by atoms with E-state index in [9.17, 15) is 4.79 Å². The average Bonchev–Trinajstić information content (AvgIpc) is 3.36. The predicted molar refractivity (Wildman–Crippen MR) is 160 cm³/mol. The molecule has 2 aromatic carbocycles. The maximum atomic E-state index is 13.0. The van der Waals surface area contributed by atoms with Gasteiger partial charge in [0.05, 0.1) is 12.2 Å². The van der Waals surface area contributed by atoms with Gasteiger partial charge in [-0.25, -0.2) is 0 Å². The summed E-state index contributed by atoms with van der Waals surface area (Å²) in [7, 11) is 0. The number of hydrogen-bond acceptors (Lipinski definition) is 3. The summed E-state index contributed by atoms with van der Waals surface area (Å²) < 4.78 is 7.44. The van der Waals surface area contributed by atoms with Crippen LogP contribution in [0.25, 0.3) is 22.2 Å². The summed E-state index contributed by atoms with van der Waals surface area (Å²) in [5.74, 6) is 0.966. The number of aryl methyl sites for hydroxylation is 1. The van der Waals surface area contributed by atoms with Crippen LogP contribution in [0.15, 0.2) is 65.6 Å². The van der Waals surface area contributed by atoms with Gasteiger partial charge in [0.15, 0.2) is 0 Å². The number of fused-ring (bicyclic) bond motifs is 1. The molecule has 204 valence electrons. The van der Waals surface area contributed by atoms with Gasteiger partial charge in [0.25, 0.3) is 5.56 Å². The second kappa shape index (κ2) is 11.1. The highest BCUT2D eigenvalue weighted by molar-refractivity contribution is 5.92. The van der Waals surface area contributed by atoms with Crippen LogP contribution in [0.4, 0.5) is 0 Å². The maximum absolute atomic E-state index is 13.0. The van der Waals surface area contributed by atoms with Crippen LogP contribution >= 0.6 is 0 Å². The van der Waals surface area contributed by atoms with Crippen molar-refractivity contribution in [2.45, 2.75) is 70.9 Å². The largest absolute Gasteiger partial charge is 0.381 e. The second-order valence-corrected chi connectivity index (χ2v) is 11.9. The van der Waals surface area contributed by atoms with Gasteiger partial charge < -0.3 is 19.2 Å². The average molecular weight is 524 g/mol. The fourth-order valence-corrected chi connectivity index (χ4v) is 6.78. The summed E-state index contributed by atoms with van der Waals surface area (Å²) in [6.45, 7) is 11.3. The van der Waals surface area contributed by atoms with Gasteiger partial charge in [-0.05, 0) is 92.4 Å². The van der Waals surface area contributed by atoms with Gasteiger partial charge in [-0.2, -0.15) is 0 Å². The van der Waals surface area contributed by atoms with Crippen molar-refractivity contribution >= 4 is 10.9 Å². The SMILES string of the molecule is Cc1cc(-c2[nH]c3ccc(C4CCN(C5CCOCC5)CC4)cc3c2C(C)C)cn(Cc2ccccc2)c1=O. The van der Waals surface area contributed by atoms with Crippen molar-refractivity contribution in [1.82, 2.24) is 14.5 Å². The quantitative estimate of drug-likeness (QED) is 0.301. The maximum Gasteiger partial charge on any atom is 0.253 e. The van der Waals surface area contributed by atoms with Crippen molar-refractivity contribution in [3.8, 4) is 11.3 Å². The third kappa shape index (κ3) is 5.35. The molecule has 2 fully saturated rings. The van der Waals surface area contributed by atoms with E-state index in [1.165, 1.54) is 60.8 Å². The second-order valence-electron chi connectivity index (χ2n) is 11.9. The third-order valence-corrected chi connectivity index (χ3v) is 8.90. The Morgan fingerprint density at radius 3 is 2.44 bits per heavy atom. The number of piperidine rings is 1. The van der Waals surface area contributed by atoms with Crippen molar-refractivity contribution in [2.24, 2.45) is 0 Å². The van der Waals surface area contributed by atoms with Gasteiger partial charge in [-0.15, -0.1) is 0 Å². The molecule has 6 rings (SSSR count). The predicted octanol–water partition coefficient (Wildman–Crippen LogP) is 6.84. The Kier molecular flexibility index (Phi) is 7.46. The molecule has 0 radical (unpaired) electrons. The first-order valence-corrected chi connectivity index (χ1v) is 14.7. The molecule has 0 unspecified atom stereocenters. The van der Waals surface area contributed by atoms with Gasteiger partial charge in [-0.3, -0.25) is 4.79 Å². The zero-order valence-electron chi connectivity index (χ0n) is 23.6. The zero-order valence-corrected chi connectivity index (χ0v) is 23.6. The third-order valence-electron chi connectivity index (χ3n) is 8.90. The molecule has 2 aliphatic rings. The number of hydrogen-bond donors (Lipinski definition) is 1. The first-order chi connectivity index (χ1) is 19.0. The monoisotopic (exact) mass is 523 g/mol. The number of likely N-dealkylation sites (tertiary alicyclic amines) is 1. The van der Waals surface area contributed by atoms with E-state index in [0.717, 1.165) is 35.6 Å². The van der Waals surface area contributed by atoms with Gasteiger partial charge in [-0.1, -0.05) is 50.2 Å². The molecule has 2 aromatic heterocycles. The minimum atomic E-state index is 0.0687. The van der Waals surface area contributed by atoms with E-state index in [2.05, 4.69) is 54.1 Å². The summed E-state index contributed by atoms with van der Waals surface area (Å²) in [6.07, 6.45) is 6.84. The van der Waals surface area contributed by atoms with Crippen LogP contribution in [0.2, 0.25) is 0 Å². The Bertz CT molecular complexity index is 1490. The molecular weight excluding hydrogens is 482 g/mol. The number of pyridine rings is 1. The Morgan fingerprint density at radius 2 is 1.72 bits per heavy atom. The van der Waals surface area contributed by atoms with Crippen LogP contribution < -0.4 is 5.56 Å². The fourth-order valence-electron chi connectivity index (χ4n) is 6.78. The Labute approximate surface area is 231 Å². The Balaban J connectivity index is 1.31. The lowest BCUT2D eigenvalue weighted by atomic mass is 9.86. The lowest BCUT2D eigenvalue weighted by Gasteiger charge is -2.39. The lowest BCUT2D eigenvalue weighted by Crippen LogP contribution is -2.43. The van der Waals surface area contributed by atoms with Crippen LogP contribution in [0.1, 0.15) is 73.6 Å². The smallest absolute Gasteiger partial charge is 0.253 e. The van der Waals surface area contributed by atoms with Crippen LogP contribution in [0, 0.1) is 6.92 Å². The highest BCUT2D eigenvalue weighted by Gasteiger charge is 2.28. The summed E-state index contributed by atoms with van der Waals surface area (Å²) >= 11 is 0. The number of aromatic nitrogens is 2. The Hall–Kier alpha value is -3.15. The highest BCUT2D eigenvalue weighted by atomic mass is 16.5. The van der Waals surface area contributed by atoms with Crippen molar-refractivity contribution in [3.05, 3.63) is 93.4 Å². The normalized spacial score (nSPS) is 17.8. The summed E-state index contributed by atoms with van der Waals surface area (Å²) in [4.78, 5) is 19.5. The minimum absolute atomic E-state index is 0.0687. The van der Waals surface area contributed by atoms with Crippen LogP contribution in [-0.2, 0) is 11.3 Å². The molecule has 0 spiro atoms. The molecule has 2 saturated heterocycles. The fraction of sp³-hybridized carbons (Fsp3) is 0.441. The van der Waals surface area contributed by atoms with Crippen molar-refractivity contribution < 1.29 is 4.74 Å². The van der Waals surface area contributed by atoms with Gasteiger partial charge in [0.2, 0.25) is 0 Å². The summed E-state index contributed by atoms with van der Waals surface area (Å²) in [5.41, 5.74) is 8.17. The minimum Gasteiger partial charge on any atom is -0.381 e. The molecule has 0 saturated carbocycles. The van der Waals surface area contributed by atoms with E-state index in [0.29, 0.717) is 24.4 Å². The number of aromatic amines is 1. The number of rotatable bonds is 6. The standard InChI is InChI=1S/C34H41N3O2/c1-23(2)32-30-20-27(26-11-15-36(16-12-26)29-13-17-39-18-14-29)9-10-31(30)35-33(32)28-19-24(3)34(38)37(22-28)21-25-7-5-4-6-8-25/h4-10,19-20,22-23,26,29,35H,11-18,21H2,1-3H3. The zero-order chi connectivity index (χ0) is 26.9. The molecule has 5 nitrogen and oxygen atoms in total. The van der Waals surface area contributed by atoms with Gasteiger partial charge in [0.1, 0.15) is 0 Å². The number of benzene rings is 2.